The van der Waals surface area contributed by atoms with E-state index in [4.69, 9.17) is 9.79 Å². The highest BCUT2D eigenvalue weighted by Gasteiger charge is 2.15. The number of rotatable bonds is 5. The minimum absolute atomic E-state index is 0.112. The largest absolute Gasteiger partial charge is 0.524 e. The molecule has 0 aliphatic carbocycles. The number of phosphoric ester groups is 1. The predicted octanol–water partition coefficient (Wildman–Crippen LogP) is 1.97. The summed E-state index contributed by atoms with van der Waals surface area (Å²) in [5.74, 6) is 0.112. The highest BCUT2D eigenvalue weighted by atomic mass is 31.2. The molecule has 0 bridgehead atoms. The number of hydrogen-bond donors (Lipinski definition) is 2. The van der Waals surface area contributed by atoms with E-state index in [0.29, 0.717) is 12.8 Å². The molecular weight excluding hydrogens is 179 g/mol. The van der Waals surface area contributed by atoms with Gasteiger partial charge in [-0.25, -0.2) is 4.57 Å². The first-order valence-electron chi connectivity index (χ1n) is 3.50. The van der Waals surface area contributed by atoms with E-state index in [2.05, 4.69) is 11.1 Å². The Balaban J connectivity index is 3.68. The smallest absolute Gasteiger partial charge is 0.409 e. The molecular formula is C7H13O4P. The molecule has 0 fully saturated rings. The van der Waals surface area contributed by atoms with E-state index in [1.807, 2.05) is 19.1 Å². The fourth-order valence-electron chi connectivity index (χ4n) is 0.625. The molecule has 0 atom stereocenters. The topological polar surface area (TPSA) is 66.8 Å². The van der Waals surface area contributed by atoms with Crippen LogP contribution in [-0.4, -0.2) is 9.79 Å². The third-order valence-electron chi connectivity index (χ3n) is 1.07. The summed E-state index contributed by atoms with van der Waals surface area (Å²) < 4.78 is 14.5. The van der Waals surface area contributed by atoms with Gasteiger partial charge in [0.25, 0.3) is 0 Å². The van der Waals surface area contributed by atoms with Crippen LogP contribution < -0.4 is 0 Å². The summed E-state index contributed by atoms with van der Waals surface area (Å²) in [6.07, 6.45) is 4.82. The van der Waals surface area contributed by atoms with Crippen molar-refractivity contribution < 1.29 is 18.9 Å². The zero-order valence-electron chi connectivity index (χ0n) is 6.93. The SMILES string of the molecule is C=C(CCC=CC)OP(=O)(O)O. The third kappa shape index (κ3) is 7.54. The Morgan fingerprint density at radius 2 is 2.25 bits per heavy atom. The van der Waals surface area contributed by atoms with E-state index in [1.165, 1.54) is 0 Å². The molecule has 0 aromatic rings. The van der Waals surface area contributed by atoms with Crippen molar-refractivity contribution >= 4 is 7.82 Å². The van der Waals surface area contributed by atoms with Crippen molar-refractivity contribution in [1.82, 2.24) is 0 Å². The van der Waals surface area contributed by atoms with E-state index < -0.39 is 7.82 Å². The zero-order valence-corrected chi connectivity index (χ0v) is 7.83. The molecule has 0 saturated heterocycles. The van der Waals surface area contributed by atoms with E-state index in [0.717, 1.165) is 0 Å². The summed E-state index contributed by atoms with van der Waals surface area (Å²) in [6, 6.07) is 0. The molecule has 0 radical (unpaired) electrons. The van der Waals surface area contributed by atoms with Crippen LogP contribution in [0.5, 0.6) is 0 Å². The summed E-state index contributed by atoms with van der Waals surface area (Å²) in [6.45, 7) is 5.23. The number of hydrogen-bond acceptors (Lipinski definition) is 2. The maximum absolute atomic E-state index is 10.3. The van der Waals surface area contributed by atoms with E-state index in [-0.39, 0.29) is 5.76 Å². The van der Waals surface area contributed by atoms with Gasteiger partial charge >= 0.3 is 7.82 Å². The summed E-state index contributed by atoms with van der Waals surface area (Å²) in [5, 5.41) is 0. The van der Waals surface area contributed by atoms with E-state index in [1.54, 1.807) is 0 Å². The molecule has 0 aliphatic heterocycles. The molecule has 0 rings (SSSR count). The Morgan fingerprint density at radius 3 is 2.67 bits per heavy atom. The van der Waals surface area contributed by atoms with Crippen molar-refractivity contribution in [2.45, 2.75) is 19.8 Å². The summed E-state index contributed by atoms with van der Waals surface area (Å²) in [5.41, 5.74) is 0. The van der Waals surface area contributed by atoms with Crippen molar-refractivity contribution in [3.63, 3.8) is 0 Å². The summed E-state index contributed by atoms with van der Waals surface area (Å²) >= 11 is 0. The Morgan fingerprint density at radius 1 is 1.67 bits per heavy atom. The van der Waals surface area contributed by atoms with E-state index >= 15 is 0 Å². The highest BCUT2D eigenvalue weighted by molar-refractivity contribution is 7.46. The van der Waals surface area contributed by atoms with Gasteiger partial charge in [-0.2, -0.15) is 0 Å². The van der Waals surface area contributed by atoms with Gasteiger partial charge in [0.15, 0.2) is 0 Å². The minimum atomic E-state index is -4.39. The monoisotopic (exact) mass is 192 g/mol. The molecule has 0 aromatic carbocycles. The lowest BCUT2D eigenvalue weighted by Gasteiger charge is -2.07. The molecule has 0 unspecified atom stereocenters. The normalized spacial score (nSPS) is 11.9. The van der Waals surface area contributed by atoms with Crippen LogP contribution >= 0.6 is 7.82 Å². The first kappa shape index (κ1) is 11.4. The average molecular weight is 192 g/mol. The molecule has 0 amide bonds. The standard InChI is InChI=1S/C7H13O4P/c1-3-4-5-6-7(2)11-12(8,9)10/h3-4H,2,5-6H2,1H3,(H2,8,9,10). The Kier molecular flexibility index (Phi) is 4.90. The first-order valence-corrected chi connectivity index (χ1v) is 5.03. The second-order valence-corrected chi connectivity index (χ2v) is 3.39. The zero-order chi connectivity index (χ0) is 9.61. The lowest BCUT2D eigenvalue weighted by molar-refractivity contribution is 0.238. The van der Waals surface area contributed by atoms with Gasteiger partial charge < -0.3 is 4.52 Å². The molecule has 0 spiro atoms. The summed E-state index contributed by atoms with van der Waals surface area (Å²) in [4.78, 5) is 16.7. The number of allylic oxidation sites excluding steroid dienone is 3. The van der Waals surface area contributed by atoms with Crippen molar-refractivity contribution in [2.75, 3.05) is 0 Å². The lowest BCUT2D eigenvalue weighted by atomic mass is 10.3. The molecule has 0 saturated carbocycles. The Bertz CT molecular complexity index is 215. The van der Waals surface area contributed by atoms with Gasteiger partial charge in [0.1, 0.15) is 5.76 Å². The van der Waals surface area contributed by atoms with Gasteiger partial charge in [-0.05, 0) is 13.3 Å². The Hall–Kier alpha value is -0.570. The van der Waals surface area contributed by atoms with Crippen LogP contribution in [0.2, 0.25) is 0 Å². The maximum atomic E-state index is 10.3. The number of phosphoric acid groups is 1. The van der Waals surface area contributed by atoms with Crippen LogP contribution in [0.3, 0.4) is 0 Å². The third-order valence-corrected chi connectivity index (χ3v) is 1.57. The van der Waals surface area contributed by atoms with Gasteiger partial charge in [-0.3, -0.25) is 9.79 Å². The van der Waals surface area contributed by atoms with Gasteiger partial charge in [-0.15, -0.1) is 0 Å². The molecule has 0 aliphatic rings. The fraction of sp³-hybridized carbons (Fsp3) is 0.429. The maximum Gasteiger partial charge on any atom is 0.524 e. The minimum Gasteiger partial charge on any atom is -0.409 e. The molecule has 2 N–H and O–H groups in total. The van der Waals surface area contributed by atoms with Crippen molar-refractivity contribution in [3.8, 4) is 0 Å². The molecule has 4 nitrogen and oxygen atoms in total. The van der Waals surface area contributed by atoms with Crippen LogP contribution in [0, 0.1) is 0 Å². The predicted molar refractivity (Wildman–Crippen MR) is 46.3 cm³/mol. The lowest BCUT2D eigenvalue weighted by Crippen LogP contribution is -1.88. The van der Waals surface area contributed by atoms with Gasteiger partial charge in [0.2, 0.25) is 0 Å². The van der Waals surface area contributed by atoms with Gasteiger partial charge in [0, 0.05) is 6.42 Å². The average Bonchev–Trinajstić information content (AvgIpc) is 1.84. The van der Waals surface area contributed by atoms with Crippen molar-refractivity contribution in [3.05, 3.63) is 24.5 Å². The second kappa shape index (κ2) is 5.14. The molecule has 0 aromatic heterocycles. The molecule has 12 heavy (non-hydrogen) atoms. The summed E-state index contributed by atoms with van der Waals surface area (Å²) in [7, 11) is -4.39. The quantitative estimate of drug-likeness (QED) is 0.397. The second-order valence-electron chi connectivity index (χ2n) is 2.23. The highest BCUT2D eigenvalue weighted by Crippen LogP contribution is 2.39. The first-order chi connectivity index (χ1) is 5.45. The molecule has 5 heteroatoms. The van der Waals surface area contributed by atoms with Crippen LogP contribution in [0.15, 0.2) is 24.5 Å². The van der Waals surface area contributed by atoms with Crippen LogP contribution in [0.4, 0.5) is 0 Å². The van der Waals surface area contributed by atoms with Gasteiger partial charge in [0.05, 0.1) is 0 Å². The van der Waals surface area contributed by atoms with E-state index in [9.17, 15) is 4.57 Å². The molecule has 70 valence electrons. The van der Waals surface area contributed by atoms with Crippen molar-refractivity contribution in [1.29, 1.82) is 0 Å². The fourth-order valence-corrected chi connectivity index (χ4v) is 1.05. The van der Waals surface area contributed by atoms with Crippen LogP contribution in [0.25, 0.3) is 0 Å². The van der Waals surface area contributed by atoms with Crippen LogP contribution in [-0.2, 0) is 9.09 Å². The van der Waals surface area contributed by atoms with Crippen LogP contribution in [0.1, 0.15) is 19.8 Å². The Labute approximate surface area is 71.8 Å². The van der Waals surface area contributed by atoms with Gasteiger partial charge in [-0.1, -0.05) is 18.7 Å². The van der Waals surface area contributed by atoms with Crippen molar-refractivity contribution in [2.24, 2.45) is 0 Å². The molecule has 0 heterocycles.